The standard InChI is InChI=1S/C18H19N3O4/c1-4-14-15(16(22)13-8-6-7-12(9-13)10-19)21(11-25-5-2)18(23)20-17(14)24-3/h6-9H,4-5,11H2,1-3H3. The van der Waals surface area contributed by atoms with Gasteiger partial charge in [0.1, 0.15) is 12.4 Å². The van der Waals surface area contributed by atoms with Crippen LogP contribution in [-0.4, -0.2) is 29.1 Å². The summed E-state index contributed by atoms with van der Waals surface area (Å²) in [5.41, 5.74) is 0.745. The smallest absolute Gasteiger partial charge is 0.353 e. The van der Waals surface area contributed by atoms with Gasteiger partial charge in [0.25, 0.3) is 0 Å². The van der Waals surface area contributed by atoms with Crippen LogP contribution in [0.1, 0.15) is 41.0 Å². The molecule has 0 aliphatic carbocycles. The van der Waals surface area contributed by atoms with E-state index < -0.39 is 5.69 Å². The summed E-state index contributed by atoms with van der Waals surface area (Å²) in [4.78, 5) is 29.3. The van der Waals surface area contributed by atoms with Crippen molar-refractivity contribution < 1.29 is 14.3 Å². The lowest BCUT2D eigenvalue weighted by atomic mass is 10.0. The Morgan fingerprint density at radius 2 is 2.12 bits per heavy atom. The minimum atomic E-state index is -0.623. The number of ether oxygens (including phenoxy) is 2. The van der Waals surface area contributed by atoms with E-state index in [1.807, 2.05) is 13.0 Å². The SMILES string of the molecule is CCOCn1c(C(=O)c2cccc(C#N)c2)c(CC)c(OC)nc1=O. The van der Waals surface area contributed by atoms with Gasteiger partial charge in [0.15, 0.2) is 0 Å². The summed E-state index contributed by atoms with van der Waals surface area (Å²) in [5.74, 6) is -0.258. The Kier molecular flexibility index (Phi) is 6.03. The van der Waals surface area contributed by atoms with Crippen LogP contribution < -0.4 is 10.4 Å². The van der Waals surface area contributed by atoms with Crippen LogP contribution in [0.5, 0.6) is 5.88 Å². The fourth-order valence-corrected chi connectivity index (χ4v) is 2.49. The van der Waals surface area contributed by atoms with Crippen molar-refractivity contribution in [1.82, 2.24) is 9.55 Å². The molecule has 2 rings (SSSR count). The Bertz CT molecular complexity index is 881. The molecule has 0 unspecified atom stereocenters. The van der Waals surface area contributed by atoms with Gasteiger partial charge in [-0.25, -0.2) is 4.79 Å². The molecule has 1 heterocycles. The first-order valence-electron chi connectivity index (χ1n) is 7.87. The van der Waals surface area contributed by atoms with Crippen molar-refractivity contribution in [2.75, 3.05) is 13.7 Å². The average molecular weight is 341 g/mol. The fourth-order valence-electron chi connectivity index (χ4n) is 2.49. The van der Waals surface area contributed by atoms with Gasteiger partial charge in [0.2, 0.25) is 11.7 Å². The Morgan fingerprint density at radius 3 is 2.72 bits per heavy atom. The number of nitriles is 1. The third-order valence-corrected chi connectivity index (χ3v) is 3.68. The first kappa shape index (κ1) is 18.4. The fraction of sp³-hybridized carbons (Fsp3) is 0.333. The lowest BCUT2D eigenvalue weighted by Gasteiger charge is -2.17. The highest BCUT2D eigenvalue weighted by atomic mass is 16.5. The molecule has 0 saturated heterocycles. The molecule has 0 spiro atoms. The van der Waals surface area contributed by atoms with Gasteiger partial charge in [-0.3, -0.25) is 9.36 Å². The predicted molar refractivity (Wildman–Crippen MR) is 90.6 cm³/mol. The van der Waals surface area contributed by atoms with Crippen molar-refractivity contribution >= 4 is 5.78 Å². The minimum Gasteiger partial charge on any atom is -0.481 e. The summed E-state index contributed by atoms with van der Waals surface area (Å²) in [5, 5.41) is 9.05. The van der Waals surface area contributed by atoms with Gasteiger partial charge < -0.3 is 9.47 Å². The van der Waals surface area contributed by atoms with E-state index in [0.717, 1.165) is 0 Å². The molecule has 0 saturated carbocycles. The molecule has 7 heteroatoms. The van der Waals surface area contributed by atoms with E-state index in [1.54, 1.807) is 25.1 Å². The Morgan fingerprint density at radius 1 is 1.36 bits per heavy atom. The number of hydrogen-bond donors (Lipinski definition) is 0. The van der Waals surface area contributed by atoms with Gasteiger partial charge in [0, 0.05) is 17.7 Å². The van der Waals surface area contributed by atoms with Gasteiger partial charge in [-0.15, -0.1) is 0 Å². The quantitative estimate of drug-likeness (QED) is 0.714. The Hall–Kier alpha value is -2.98. The third-order valence-electron chi connectivity index (χ3n) is 3.68. The van der Waals surface area contributed by atoms with E-state index in [4.69, 9.17) is 14.7 Å². The van der Waals surface area contributed by atoms with Crippen LogP contribution in [0.15, 0.2) is 29.1 Å². The number of carbonyl (C=O) groups is 1. The highest BCUT2D eigenvalue weighted by molar-refractivity contribution is 6.09. The van der Waals surface area contributed by atoms with Crippen molar-refractivity contribution in [1.29, 1.82) is 5.26 Å². The summed E-state index contributed by atoms with van der Waals surface area (Å²) >= 11 is 0. The number of carbonyl (C=O) groups excluding carboxylic acids is 1. The molecular weight excluding hydrogens is 322 g/mol. The van der Waals surface area contributed by atoms with Crippen LogP contribution in [0.4, 0.5) is 0 Å². The van der Waals surface area contributed by atoms with Crippen LogP contribution in [0.3, 0.4) is 0 Å². The molecule has 0 N–H and O–H groups in total. The highest BCUT2D eigenvalue weighted by Gasteiger charge is 2.23. The van der Waals surface area contributed by atoms with E-state index in [1.165, 1.54) is 17.7 Å². The summed E-state index contributed by atoms with van der Waals surface area (Å²) in [6.45, 7) is 3.94. The molecule has 0 aliphatic rings. The van der Waals surface area contributed by atoms with E-state index in [9.17, 15) is 9.59 Å². The molecule has 0 aliphatic heterocycles. The van der Waals surface area contributed by atoms with E-state index >= 15 is 0 Å². The number of nitrogens with zero attached hydrogens (tertiary/aromatic N) is 3. The molecule has 7 nitrogen and oxygen atoms in total. The zero-order chi connectivity index (χ0) is 18.4. The van der Waals surface area contributed by atoms with Crippen molar-refractivity contribution in [3.05, 3.63) is 57.1 Å². The highest BCUT2D eigenvalue weighted by Crippen LogP contribution is 2.22. The summed E-state index contributed by atoms with van der Waals surface area (Å²) < 4.78 is 11.7. The second-order valence-corrected chi connectivity index (χ2v) is 5.16. The molecule has 0 bridgehead atoms. The number of hydrogen-bond acceptors (Lipinski definition) is 6. The average Bonchev–Trinajstić information content (AvgIpc) is 2.65. The van der Waals surface area contributed by atoms with Crippen molar-refractivity contribution in [3.63, 3.8) is 0 Å². The van der Waals surface area contributed by atoms with Crippen LogP contribution >= 0.6 is 0 Å². The molecule has 130 valence electrons. The molecule has 1 aromatic carbocycles. The van der Waals surface area contributed by atoms with E-state index in [0.29, 0.717) is 29.7 Å². The molecular formula is C18H19N3O4. The summed E-state index contributed by atoms with van der Waals surface area (Å²) in [6.07, 6.45) is 0.446. The molecule has 1 aromatic heterocycles. The number of ketones is 1. The number of methoxy groups -OCH3 is 1. The Labute approximate surface area is 145 Å². The van der Waals surface area contributed by atoms with Gasteiger partial charge >= 0.3 is 5.69 Å². The van der Waals surface area contributed by atoms with Gasteiger partial charge in [0.05, 0.1) is 18.7 Å². The van der Waals surface area contributed by atoms with Crippen molar-refractivity contribution in [2.24, 2.45) is 0 Å². The minimum absolute atomic E-state index is 0.0850. The zero-order valence-corrected chi connectivity index (χ0v) is 14.4. The van der Waals surface area contributed by atoms with Gasteiger partial charge in [-0.1, -0.05) is 19.1 Å². The maximum Gasteiger partial charge on any atom is 0.353 e. The van der Waals surface area contributed by atoms with Crippen molar-refractivity contribution in [2.45, 2.75) is 27.0 Å². The second-order valence-electron chi connectivity index (χ2n) is 5.16. The molecule has 25 heavy (non-hydrogen) atoms. The number of benzene rings is 1. The molecule has 0 fully saturated rings. The van der Waals surface area contributed by atoms with Crippen molar-refractivity contribution in [3.8, 4) is 11.9 Å². The Balaban J connectivity index is 2.71. The monoisotopic (exact) mass is 341 g/mol. The molecule has 0 radical (unpaired) electrons. The molecule has 2 aromatic rings. The lowest BCUT2D eigenvalue weighted by Crippen LogP contribution is -2.32. The van der Waals surface area contributed by atoms with Crippen LogP contribution in [0, 0.1) is 11.3 Å². The van der Waals surface area contributed by atoms with Crippen LogP contribution in [0.25, 0.3) is 0 Å². The van der Waals surface area contributed by atoms with Gasteiger partial charge in [-0.05, 0) is 25.5 Å². The number of rotatable bonds is 7. The zero-order valence-electron chi connectivity index (χ0n) is 14.4. The third kappa shape index (κ3) is 3.75. The topological polar surface area (TPSA) is 94.2 Å². The second kappa shape index (κ2) is 8.22. The largest absolute Gasteiger partial charge is 0.481 e. The molecule has 0 atom stereocenters. The maximum atomic E-state index is 13.1. The van der Waals surface area contributed by atoms with Gasteiger partial charge in [-0.2, -0.15) is 10.2 Å². The maximum absolute atomic E-state index is 13.1. The normalized spacial score (nSPS) is 10.3. The number of aromatic nitrogens is 2. The summed E-state index contributed by atoms with van der Waals surface area (Å²) in [7, 11) is 1.40. The van der Waals surface area contributed by atoms with Crippen LogP contribution in [-0.2, 0) is 17.9 Å². The molecule has 0 amide bonds. The predicted octanol–water partition coefficient (Wildman–Crippen LogP) is 1.91. The lowest BCUT2D eigenvalue weighted by molar-refractivity contribution is 0.0782. The van der Waals surface area contributed by atoms with Crippen LogP contribution in [0.2, 0.25) is 0 Å². The van der Waals surface area contributed by atoms with E-state index in [-0.39, 0.29) is 24.1 Å². The summed E-state index contributed by atoms with van der Waals surface area (Å²) in [6, 6.07) is 8.33. The first-order valence-corrected chi connectivity index (χ1v) is 7.87. The first-order chi connectivity index (χ1) is 12.1. The van der Waals surface area contributed by atoms with E-state index in [2.05, 4.69) is 4.98 Å².